The van der Waals surface area contributed by atoms with Crippen LogP contribution in [0.15, 0.2) is 42.5 Å². The summed E-state index contributed by atoms with van der Waals surface area (Å²) in [5, 5.41) is 8.67. The zero-order chi connectivity index (χ0) is 18.9. The number of hydrogen-bond acceptors (Lipinski definition) is 2. The number of aliphatic hydroxyl groups is 1. The molecule has 1 heterocycles. The Kier molecular flexibility index (Phi) is 8.18. The van der Waals surface area contributed by atoms with E-state index in [2.05, 4.69) is 70.2 Å². The van der Waals surface area contributed by atoms with Crippen LogP contribution < -0.4 is 4.74 Å². The number of fused-ring (bicyclic) bond motifs is 1. The van der Waals surface area contributed by atoms with Crippen molar-refractivity contribution in [1.29, 1.82) is 0 Å². The standard InChI is InChI=1S/C12H16O.C12H18O/c1-9(2)11-6-5-10-4-3-7-13-12(10)8-11;1-10(2)12-7-5-11(6-8-12)4-3-9-13/h5-6,8-9H,3-4,7H2,1-2H3;5-8,10,13H,3-4,9H2,1-2H3. The van der Waals surface area contributed by atoms with Crippen molar-refractivity contribution in [3.63, 3.8) is 0 Å². The molecule has 0 saturated heterocycles. The largest absolute Gasteiger partial charge is 0.493 e. The van der Waals surface area contributed by atoms with E-state index in [1.807, 2.05) is 0 Å². The summed E-state index contributed by atoms with van der Waals surface area (Å²) in [5.74, 6) is 2.31. The van der Waals surface area contributed by atoms with E-state index in [1.54, 1.807) is 0 Å². The maximum Gasteiger partial charge on any atom is 0.122 e. The fourth-order valence-electron chi connectivity index (χ4n) is 3.07. The lowest BCUT2D eigenvalue weighted by atomic mass is 9.98. The van der Waals surface area contributed by atoms with Crippen molar-refractivity contribution in [2.45, 2.75) is 65.2 Å². The van der Waals surface area contributed by atoms with Gasteiger partial charge in [0.15, 0.2) is 0 Å². The van der Waals surface area contributed by atoms with Crippen molar-refractivity contribution in [2.24, 2.45) is 0 Å². The van der Waals surface area contributed by atoms with E-state index >= 15 is 0 Å². The van der Waals surface area contributed by atoms with Crippen LogP contribution in [-0.2, 0) is 12.8 Å². The molecule has 0 bridgehead atoms. The summed E-state index contributed by atoms with van der Waals surface area (Å²) in [6.45, 7) is 9.99. The van der Waals surface area contributed by atoms with Gasteiger partial charge in [0.1, 0.15) is 5.75 Å². The predicted molar refractivity (Wildman–Crippen MR) is 110 cm³/mol. The third-order valence-corrected chi connectivity index (χ3v) is 4.88. The molecule has 1 N–H and O–H groups in total. The lowest BCUT2D eigenvalue weighted by molar-refractivity contribution is 0.288. The second-order valence-corrected chi connectivity index (χ2v) is 7.70. The third-order valence-electron chi connectivity index (χ3n) is 4.88. The lowest BCUT2D eigenvalue weighted by Gasteiger charge is -2.18. The Morgan fingerprint density at radius 2 is 1.58 bits per heavy atom. The van der Waals surface area contributed by atoms with E-state index < -0.39 is 0 Å². The van der Waals surface area contributed by atoms with Crippen molar-refractivity contribution in [1.82, 2.24) is 0 Å². The summed E-state index contributed by atoms with van der Waals surface area (Å²) in [4.78, 5) is 0. The second kappa shape index (κ2) is 10.4. The molecule has 2 heteroatoms. The van der Waals surface area contributed by atoms with E-state index in [0.29, 0.717) is 11.8 Å². The van der Waals surface area contributed by atoms with Crippen molar-refractivity contribution in [3.8, 4) is 5.75 Å². The molecule has 0 unspecified atom stereocenters. The van der Waals surface area contributed by atoms with Crippen molar-refractivity contribution >= 4 is 0 Å². The zero-order valence-corrected chi connectivity index (χ0v) is 16.8. The monoisotopic (exact) mass is 354 g/mol. The quantitative estimate of drug-likeness (QED) is 0.727. The van der Waals surface area contributed by atoms with Gasteiger partial charge in [0.25, 0.3) is 0 Å². The van der Waals surface area contributed by atoms with Gasteiger partial charge in [-0.3, -0.25) is 0 Å². The highest BCUT2D eigenvalue weighted by atomic mass is 16.5. The number of aryl methyl sites for hydroxylation is 2. The molecule has 0 atom stereocenters. The molecule has 3 rings (SSSR count). The SMILES string of the molecule is CC(C)c1ccc(CCCO)cc1.CC(C)c1ccc2c(c1)OCCC2. The second-order valence-electron chi connectivity index (χ2n) is 7.70. The van der Waals surface area contributed by atoms with Crippen LogP contribution in [-0.4, -0.2) is 18.3 Å². The number of aliphatic hydroxyl groups excluding tert-OH is 1. The summed E-state index contributed by atoms with van der Waals surface area (Å²) in [5.41, 5.74) is 5.45. The summed E-state index contributed by atoms with van der Waals surface area (Å²) in [6, 6.07) is 15.3. The van der Waals surface area contributed by atoms with Gasteiger partial charge in [-0.05, 0) is 65.8 Å². The van der Waals surface area contributed by atoms with Crippen molar-refractivity contribution in [3.05, 3.63) is 64.7 Å². The molecule has 142 valence electrons. The average molecular weight is 355 g/mol. The van der Waals surface area contributed by atoms with Gasteiger partial charge in [-0.25, -0.2) is 0 Å². The average Bonchev–Trinajstić information content (AvgIpc) is 2.66. The fraction of sp³-hybridized carbons (Fsp3) is 0.500. The summed E-state index contributed by atoms with van der Waals surface area (Å²) in [7, 11) is 0. The fourth-order valence-corrected chi connectivity index (χ4v) is 3.07. The maximum absolute atomic E-state index is 8.67. The van der Waals surface area contributed by atoms with Gasteiger partial charge in [-0.1, -0.05) is 64.1 Å². The van der Waals surface area contributed by atoms with Crippen molar-refractivity contribution < 1.29 is 9.84 Å². The maximum atomic E-state index is 8.67. The molecular weight excluding hydrogens is 320 g/mol. The minimum atomic E-state index is 0.284. The molecule has 0 aliphatic carbocycles. The van der Waals surface area contributed by atoms with E-state index in [4.69, 9.17) is 9.84 Å². The van der Waals surface area contributed by atoms with Crippen LogP contribution >= 0.6 is 0 Å². The van der Waals surface area contributed by atoms with E-state index in [9.17, 15) is 0 Å². The molecule has 0 amide bonds. The molecule has 0 spiro atoms. The van der Waals surface area contributed by atoms with E-state index in [1.165, 1.54) is 28.7 Å². The Morgan fingerprint density at radius 3 is 2.19 bits per heavy atom. The highest BCUT2D eigenvalue weighted by molar-refractivity contribution is 5.39. The van der Waals surface area contributed by atoms with Crippen LogP contribution in [0.25, 0.3) is 0 Å². The van der Waals surface area contributed by atoms with Gasteiger partial charge in [0.05, 0.1) is 6.61 Å². The molecule has 1 aliphatic heterocycles. The first-order valence-corrected chi connectivity index (χ1v) is 9.96. The molecule has 1 aliphatic rings. The number of rotatable bonds is 5. The number of hydrogen-bond donors (Lipinski definition) is 1. The van der Waals surface area contributed by atoms with Crippen molar-refractivity contribution in [2.75, 3.05) is 13.2 Å². The van der Waals surface area contributed by atoms with E-state index in [0.717, 1.165) is 31.6 Å². The van der Waals surface area contributed by atoms with Gasteiger partial charge in [0, 0.05) is 6.61 Å². The smallest absolute Gasteiger partial charge is 0.122 e. The topological polar surface area (TPSA) is 29.5 Å². The van der Waals surface area contributed by atoms with E-state index in [-0.39, 0.29) is 6.61 Å². The molecule has 2 aromatic carbocycles. The Morgan fingerprint density at radius 1 is 0.923 bits per heavy atom. The minimum absolute atomic E-state index is 0.284. The van der Waals surface area contributed by atoms with Gasteiger partial charge in [0.2, 0.25) is 0 Å². The zero-order valence-electron chi connectivity index (χ0n) is 16.8. The van der Waals surface area contributed by atoms with Gasteiger partial charge < -0.3 is 9.84 Å². The highest BCUT2D eigenvalue weighted by Crippen LogP contribution is 2.28. The molecule has 26 heavy (non-hydrogen) atoms. The highest BCUT2D eigenvalue weighted by Gasteiger charge is 2.11. The minimum Gasteiger partial charge on any atom is -0.493 e. The summed E-state index contributed by atoms with van der Waals surface area (Å²) < 4.78 is 5.61. The first kappa shape index (κ1) is 20.5. The predicted octanol–water partition coefficient (Wildman–Crippen LogP) is 5.87. The Balaban J connectivity index is 0.000000187. The molecule has 0 radical (unpaired) electrons. The van der Waals surface area contributed by atoms with Gasteiger partial charge in [-0.2, -0.15) is 0 Å². The first-order valence-electron chi connectivity index (χ1n) is 9.96. The van der Waals surface area contributed by atoms with Crippen LogP contribution in [0.5, 0.6) is 5.75 Å². The van der Waals surface area contributed by atoms with Crippen LogP contribution in [0.3, 0.4) is 0 Å². The molecule has 0 saturated carbocycles. The van der Waals surface area contributed by atoms with Crippen LogP contribution in [0, 0.1) is 0 Å². The molecule has 2 nitrogen and oxygen atoms in total. The summed E-state index contributed by atoms with van der Waals surface area (Å²) in [6.07, 6.45) is 4.18. The normalized spacial score (nSPS) is 13.0. The molecule has 0 aromatic heterocycles. The molecule has 0 fully saturated rings. The molecule has 2 aromatic rings. The lowest BCUT2D eigenvalue weighted by Crippen LogP contribution is -2.08. The Labute approximate surface area is 159 Å². The van der Waals surface area contributed by atoms with Gasteiger partial charge in [-0.15, -0.1) is 0 Å². The number of benzene rings is 2. The number of ether oxygens (including phenoxy) is 1. The summed E-state index contributed by atoms with van der Waals surface area (Å²) >= 11 is 0. The Bertz CT molecular complexity index is 656. The van der Waals surface area contributed by atoms with Gasteiger partial charge >= 0.3 is 0 Å². The third kappa shape index (κ3) is 6.17. The van der Waals surface area contributed by atoms with Crippen LogP contribution in [0.2, 0.25) is 0 Å². The first-order chi connectivity index (χ1) is 12.5. The van der Waals surface area contributed by atoms with Crippen LogP contribution in [0.1, 0.15) is 74.6 Å². The molecular formula is C24H34O2. The van der Waals surface area contributed by atoms with Crippen LogP contribution in [0.4, 0.5) is 0 Å². The Hall–Kier alpha value is -1.80.